The van der Waals surface area contributed by atoms with Crippen LogP contribution in [0.4, 0.5) is 4.79 Å². The normalized spacial score (nSPS) is 11.7. The van der Waals surface area contributed by atoms with Crippen LogP contribution < -0.4 is 5.32 Å². The van der Waals surface area contributed by atoms with E-state index in [0.29, 0.717) is 18.1 Å². The Kier molecular flexibility index (Phi) is 5.41. The van der Waals surface area contributed by atoms with Gasteiger partial charge in [0.1, 0.15) is 12.6 Å². The average Bonchev–Trinajstić information content (AvgIpc) is 3.10. The third kappa shape index (κ3) is 4.91. The summed E-state index contributed by atoms with van der Waals surface area (Å²) in [5.74, 6) is 0.926. The van der Waals surface area contributed by atoms with Crippen molar-refractivity contribution in [1.82, 2.24) is 15.5 Å². The first-order chi connectivity index (χ1) is 12.2. The second kappa shape index (κ2) is 8.10. The molecule has 128 valence electrons. The number of alkyl carbamates (subject to hydrolysis) is 1. The molecule has 3 aromatic rings. The van der Waals surface area contributed by atoms with Gasteiger partial charge in [0, 0.05) is 6.42 Å². The van der Waals surface area contributed by atoms with Crippen LogP contribution in [0.3, 0.4) is 0 Å². The lowest BCUT2D eigenvalue weighted by atomic mass is 10.1. The van der Waals surface area contributed by atoms with Crippen LogP contribution in [0.15, 0.2) is 65.2 Å². The minimum absolute atomic E-state index is 0.211. The molecule has 0 fully saturated rings. The van der Waals surface area contributed by atoms with Gasteiger partial charge in [-0.15, -0.1) is 0 Å². The third-order valence-corrected chi connectivity index (χ3v) is 3.61. The number of nitrogens with zero attached hydrogens (tertiary/aromatic N) is 2. The largest absolute Gasteiger partial charge is 0.445 e. The number of hydrogen-bond donors (Lipinski definition) is 1. The third-order valence-electron chi connectivity index (χ3n) is 3.61. The summed E-state index contributed by atoms with van der Waals surface area (Å²) in [6, 6.07) is 18.9. The molecule has 0 saturated heterocycles. The number of carbonyl (C=O) groups is 1. The van der Waals surface area contributed by atoms with Crippen molar-refractivity contribution in [3.05, 3.63) is 83.5 Å². The Hall–Kier alpha value is -3.15. The number of nitrogens with one attached hydrogen (secondary N) is 1. The molecule has 1 amide bonds. The Bertz CT molecular complexity index is 803. The predicted molar refractivity (Wildman–Crippen MR) is 91.7 cm³/mol. The second-order valence-corrected chi connectivity index (χ2v) is 5.64. The molecule has 0 bridgehead atoms. The SMILES string of the molecule is C[C@H](NC(=O)OCc1ccccc1)c1nc(Cc2ccccc2)no1. The Morgan fingerprint density at radius 3 is 2.40 bits per heavy atom. The second-order valence-electron chi connectivity index (χ2n) is 5.64. The van der Waals surface area contributed by atoms with Crippen LogP contribution in [0.25, 0.3) is 0 Å². The summed E-state index contributed by atoms with van der Waals surface area (Å²) in [6.07, 6.45) is 0.0503. The number of amides is 1. The van der Waals surface area contributed by atoms with E-state index in [1.807, 2.05) is 60.7 Å². The number of benzene rings is 2. The first-order valence-electron chi connectivity index (χ1n) is 8.04. The summed E-state index contributed by atoms with van der Waals surface area (Å²) in [4.78, 5) is 16.2. The Morgan fingerprint density at radius 1 is 1.08 bits per heavy atom. The molecule has 0 radical (unpaired) electrons. The summed E-state index contributed by atoms with van der Waals surface area (Å²) in [5, 5.41) is 6.64. The number of ether oxygens (including phenoxy) is 1. The van der Waals surface area contributed by atoms with E-state index in [1.54, 1.807) is 6.92 Å². The van der Waals surface area contributed by atoms with Crippen LogP contribution in [-0.4, -0.2) is 16.2 Å². The van der Waals surface area contributed by atoms with Crippen LogP contribution in [0.2, 0.25) is 0 Å². The molecule has 0 aliphatic carbocycles. The Labute approximate surface area is 145 Å². The van der Waals surface area contributed by atoms with Crippen molar-refractivity contribution in [2.75, 3.05) is 0 Å². The monoisotopic (exact) mass is 337 g/mol. The van der Waals surface area contributed by atoms with E-state index in [-0.39, 0.29) is 6.61 Å². The molecule has 1 aromatic heterocycles. The Morgan fingerprint density at radius 2 is 1.72 bits per heavy atom. The molecule has 25 heavy (non-hydrogen) atoms. The van der Waals surface area contributed by atoms with Gasteiger partial charge < -0.3 is 14.6 Å². The molecule has 0 spiro atoms. The first kappa shape index (κ1) is 16.7. The summed E-state index contributed by atoms with van der Waals surface area (Å²) >= 11 is 0. The van der Waals surface area contributed by atoms with E-state index in [4.69, 9.17) is 9.26 Å². The lowest BCUT2D eigenvalue weighted by Gasteiger charge is -2.10. The quantitative estimate of drug-likeness (QED) is 0.743. The number of rotatable bonds is 6. The molecule has 1 heterocycles. The highest BCUT2D eigenvalue weighted by molar-refractivity contribution is 5.67. The fourth-order valence-corrected chi connectivity index (χ4v) is 2.30. The van der Waals surface area contributed by atoms with Crippen LogP contribution in [-0.2, 0) is 17.8 Å². The van der Waals surface area contributed by atoms with Crippen molar-refractivity contribution in [2.24, 2.45) is 0 Å². The van der Waals surface area contributed by atoms with Crippen LogP contribution >= 0.6 is 0 Å². The van der Waals surface area contributed by atoms with E-state index in [1.165, 1.54) is 0 Å². The lowest BCUT2D eigenvalue weighted by Crippen LogP contribution is -2.27. The van der Waals surface area contributed by atoms with Crippen molar-refractivity contribution in [3.63, 3.8) is 0 Å². The van der Waals surface area contributed by atoms with Gasteiger partial charge in [0.05, 0.1) is 0 Å². The molecular formula is C19H19N3O3. The van der Waals surface area contributed by atoms with Crippen molar-refractivity contribution in [3.8, 4) is 0 Å². The van der Waals surface area contributed by atoms with E-state index >= 15 is 0 Å². The van der Waals surface area contributed by atoms with Gasteiger partial charge in [-0.1, -0.05) is 65.8 Å². The zero-order valence-electron chi connectivity index (χ0n) is 13.9. The molecule has 0 saturated carbocycles. The average molecular weight is 337 g/mol. The van der Waals surface area contributed by atoms with E-state index in [9.17, 15) is 4.79 Å². The first-order valence-corrected chi connectivity index (χ1v) is 8.04. The van der Waals surface area contributed by atoms with Gasteiger partial charge in [0.25, 0.3) is 0 Å². The van der Waals surface area contributed by atoms with Crippen LogP contribution in [0.5, 0.6) is 0 Å². The molecule has 0 aliphatic rings. The summed E-state index contributed by atoms with van der Waals surface area (Å²) in [7, 11) is 0. The Balaban J connectivity index is 1.51. The topological polar surface area (TPSA) is 77.2 Å². The van der Waals surface area contributed by atoms with Crippen molar-refractivity contribution in [2.45, 2.75) is 26.0 Å². The zero-order valence-corrected chi connectivity index (χ0v) is 13.9. The standard InChI is InChI=1S/C19H19N3O3/c1-14(20-19(23)24-13-16-10-6-3-7-11-16)18-21-17(22-25-18)12-15-8-4-2-5-9-15/h2-11,14H,12-13H2,1H3,(H,20,23)/t14-/m0/s1. The lowest BCUT2D eigenvalue weighted by molar-refractivity contribution is 0.134. The molecule has 6 heteroatoms. The van der Waals surface area contributed by atoms with Crippen molar-refractivity contribution < 1.29 is 14.1 Å². The number of aromatic nitrogens is 2. The highest BCUT2D eigenvalue weighted by Crippen LogP contribution is 2.12. The van der Waals surface area contributed by atoms with Gasteiger partial charge in [0.15, 0.2) is 5.82 Å². The van der Waals surface area contributed by atoms with Gasteiger partial charge in [-0.05, 0) is 18.1 Å². The molecule has 1 N–H and O–H groups in total. The highest BCUT2D eigenvalue weighted by atomic mass is 16.5. The minimum Gasteiger partial charge on any atom is -0.445 e. The van der Waals surface area contributed by atoms with Gasteiger partial charge >= 0.3 is 6.09 Å². The molecule has 0 unspecified atom stereocenters. The van der Waals surface area contributed by atoms with Gasteiger partial charge in [-0.3, -0.25) is 0 Å². The maximum atomic E-state index is 11.9. The maximum absolute atomic E-state index is 11.9. The van der Waals surface area contributed by atoms with E-state index in [2.05, 4.69) is 15.5 Å². The summed E-state index contributed by atoms with van der Waals surface area (Å²) < 4.78 is 10.4. The van der Waals surface area contributed by atoms with Gasteiger partial charge in [-0.25, -0.2) is 4.79 Å². The maximum Gasteiger partial charge on any atom is 0.408 e. The van der Waals surface area contributed by atoms with E-state index in [0.717, 1.165) is 11.1 Å². The number of hydrogen-bond acceptors (Lipinski definition) is 5. The van der Waals surface area contributed by atoms with Crippen LogP contribution in [0, 0.1) is 0 Å². The molecule has 1 atom stereocenters. The van der Waals surface area contributed by atoms with Crippen molar-refractivity contribution in [1.29, 1.82) is 0 Å². The smallest absolute Gasteiger partial charge is 0.408 e. The molecular weight excluding hydrogens is 318 g/mol. The zero-order chi connectivity index (χ0) is 17.5. The van der Waals surface area contributed by atoms with Gasteiger partial charge in [0.2, 0.25) is 5.89 Å². The van der Waals surface area contributed by atoms with Crippen LogP contribution in [0.1, 0.15) is 35.8 Å². The molecule has 2 aromatic carbocycles. The van der Waals surface area contributed by atoms with Crippen molar-refractivity contribution >= 4 is 6.09 Å². The summed E-state index contributed by atoms with van der Waals surface area (Å²) in [6.45, 7) is 1.98. The molecule has 3 rings (SSSR count). The molecule has 0 aliphatic heterocycles. The predicted octanol–water partition coefficient (Wildman–Crippen LogP) is 3.65. The minimum atomic E-state index is -0.529. The number of carbonyl (C=O) groups excluding carboxylic acids is 1. The van der Waals surface area contributed by atoms with E-state index < -0.39 is 12.1 Å². The van der Waals surface area contributed by atoms with Gasteiger partial charge in [-0.2, -0.15) is 4.98 Å². The fraction of sp³-hybridized carbons (Fsp3) is 0.211. The fourth-order valence-electron chi connectivity index (χ4n) is 2.30. The molecule has 6 nitrogen and oxygen atoms in total. The highest BCUT2D eigenvalue weighted by Gasteiger charge is 2.17. The summed E-state index contributed by atoms with van der Waals surface area (Å²) in [5.41, 5.74) is 2.02.